The number of fused-ring (bicyclic) bond motifs is 3. The van der Waals surface area contributed by atoms with Crippen LogP contribution in [0, 0.1) is 0 Å². The average Bonchev–Trinajstić information content (AvgIpc) is 3.37. The third-order valence-electron chi connectivity index (χ3n) is 8.86. The number of rotatable bonds is 7. The number of allylic oxidation sites excluding steroid dienone is 3. The molecular weight excluding hydrogens is 626 g/mol. The van der Waals surface area contributed by atoms with E-state index < -0.39 is 5.60 Å². The lowest BCUT2D eigenvalue weighted by atomic mass is 9.83. The molecule has 0 amide bonds. The van der Waals surface area contributed by atoms with Gasteiger partial charge in [0.2, 0.25) is 0 Å². The SMILES string of the molecule is C/C=C\C(=C/C)N(c1ccc(-c2ccccc2)cc1)c1ccc(-c2ccc3c(c2)C(O)(c2ccccc2Br)c2ccccc2-3)cc1. The summed E-state index contributed by atoms with van der Waals surface area (Å²) in [5.41, 5.74) is 11.3. The summed E-state index contributed by atoms with van der Waals surface area (Å²) in [7, 11) is 0. The highest BCUT2D eigenvalue weighted by atomic mass is 79.9. The molecule has 1 aliphatic rings. The van der Waals surface area contributed by atoms with Crippen molar-refractivity contribution >= 4 is 27.3 Å². The van der Waals surface area contributed by atoms with E-state index in [0.29, 0.717) is 0 Å². The zero-order valence-electron chi connectivity index (χ0n) is 25.9. The Morgan fingerprint density at radius 2 is 1.09 bits per heavy atom. The molecule has 6 aromatic rings. The fourth-order valence-corrected chi connectivity index (χ4v) is 7.21. The molecule has 1 unspecified atom stereocenters. The molecule has 0 fully saturated rings. The molecule has 1 aliphatic carbocycles. The second-order valence-electron chi connectivity index (χ2n) is 11.5. The lowest BCUT2D eigenvalue weighted by molar-refractivity contribution is 0.130. The number of hydrogen-bond acceptors (Lipinski definition) is 2. The fraction of sp³-hybridized carbons (Fsp3) is 0.0698. The number of halogens is 1. The van der Waals surface area contributed by atoms with E-state index in [2.05, 4.69) is 143 Å². The first-order valence-electron chi connectivity index (χ1n) is 15.6. The van der Waals surface area contributed by atoms with Gasteiger partial charge >= 0.3 is 0 Å². The molecule has 0 saturated carbocycles. The first kappa shape index (κ1) is 29.7. The molecule has 2 nitrogen and oxygen atoms in total. The maximum Gasteiger partial charge on any atom is 0.142 e. The zero-order chi connectivity index (χ0) is 31.7. The molecule has 0 bridgehead atoms. The van der Waals surface area contributed by atoms with Crippen LogP contribution in [0.2, 0.25) is 0 Å². The predicted molar refractivity (Wildman–Crippen MR) is 196 cm³/mol. The van der Waals surface area contributed by atoms with E-state index in [1.54, 1.807) is 0 Å². The van der Waals surface area contributed by atoms with Gasteiger partial charge in [0.25, 0.3) is 0 Å². The molecule has 0 aliphatic heterocycles. The van der Waals surface area contributed by atoms with Crippen molar-refractivity contribution in [3.05, 3.63) is 191 Å². The molecule has 6 aromatic carbocycles. The smallest absolute Gasteiger partial charge is 0.142 e. The molecule has 0 saturated heterocycles. The Bertz CT molecular complexity index is 2080. The van der Waals surface area contributed by atoms with Crippen LogP contribution in [-0.2, 0) is 5.60 Å². The van der Waals surface area contributed by atoms with Gasteiger partial charge in [-0.05, 0) is 89.7 Å². The van der Waals surface area contributed by atoms with E-state index >= 15 is 0 Å². The molecule has 0 heterocycles. The summed E-state index contributed by atoms with van der Waals surface area (Å²) in [6.45, 7) is 4.12. The van der Waals surface area contributed by atoms with E-state index in [9.17, 15) is 5.11 Å². The van der Waals surface area contributed by atoms with Crippen LogP contribution >= 0.6 is 15.9 Å². The summed E-state index contributed by atoms with van der Waals surface area (Å²) in [5, 5.41) is 12.5. The van der Waals surface area contributed by atoms with Gasteiger partial charge in [-0.15, -0.1) is 0 Å². The number of aliphatic hydroxyl groups is 1. The highest BCUT2D eigenvalue weighted by Crippen LogP contribution is 2.53. The predicted octanol–water partition coefficient (Wildman–Crippen LogP) is 11.7. The quantitative estimate of drug-likeness (QED) is 0.172. The van der Waals surface area contributed by atoms with Gasteiger partial charge in [0.1, 0.15) is 5.60 Å². The van der Waals surface area contributed by atoms with Gasteiger partial charge < -0.3 is 10.0 Å². The first-order chi connectivity index (χ1) is 22.5. The minimum atomic E-state index is -1.27. The average molecular weight is 661 g/mol. The van der Waals surface area contributed by atoms with Crippen LogP contribution in [0.1, 0.15) is 30.5 Å². The van der Waals surface area contributed by atoms with E-state index in [1.807, 2.05) is 55.5 Å². The van der Waals surface area contributed by atoms with E-state index in [4.69, 9.17) is 0 Å². The van der Waals surface area contributed by atoms with Gasteiger partial charge in [-0.2, -0.15) is 0 Å². The molecule has 1 atom stereocenters. The van der Waals surface area contributed by atoms with E-state index in [1.165, 1.54) is 11.1 Å². The minimum Gasteiger partial charge on any atom is -0.376 e. The van der Waals surface area contributed by atoms with Gasteiger partial charge in [-0.25, -0.2) is 0 Å². The normalized spacial score (nSPS) is 15.5. The summed E-state index contributed by atoms with van der Waals surface area (Å²) in [6.07, 6.45) is 6.35. The Morgan fingerprint density at radius 1 is 0.565 bits per heavy atom. The lowest BCUT2D eigenvalue weighted by Gasteiger charge is -2.28. The van der Waals surface area contributed by atoms with Crippen LogP contribution in [0.4, 0.5) is 11.4 Å². The van der Waals surface area contributed by atoms with Crippen molar-refractivity contribution in [1.29, 1.82) is 0 Å². The van der Waals surface area contributed by atoms with Crippen LogP contribution < -0.4 is 4.90 Å². The molecule has 7 rings (SSSR count). The van der Waals surface area contributed by atoms with Crippen molar-refractivity contribution in [3.63, 3.8) is 0 Å². The standard InChI is InChI=1S/C43H34BrNO/c1-3-12-34(4-2)45(35-24-19-31(20-25-35)30-13-6-5-7-14-30)36-26-21-32(22-27-36)33-23-28-38-37-15-8-9-16-39(37)43(46,41(38)29-33)40-17-10-11-18-42(40)44/h3-29,46H,1-2H3/b12-3-,34-4+. The first-order valence-corrected chi connectivity index (χ1v) is 16.4. The van der Waals surface area contributed by atoms with Crippen LogP contribution in [-0.4, -0.2) is 5.11 Å². The molecule has 0 radical (unpaired) electrons. The Balaban J connectivity index is 1.27. The molecule has 1 N–H and O–H groups in total. The van der Waals surface area contributed by atoms with Crippen LogP contribution in [0.5, 0.6) is 0 Å². The summed E-state index contributed by atoms with van der Waals surface area (Å²) in [6, 6.07) is 50.5. The van der Waals surface area contributed by atoms with E-state index in [-0.39, 0.29) is 0 Å². The van der Waals surface area contributed by atoms with Gasteiger partial charge in [0, 0.05) is 38.2 Å². The highest BCUT2D eigenvalue weighted by molar-refractivity contribution is 9.10. The number of nitrogens with zero attached hydrogens (tertiary/aromatic N) is 1. The lowest BCUT2D eigenvalue weighted by Crippen LogP contribution is -2.26. The Morgan fingerprint density at radius 3 is 1.72 bits per heavy atom. The maximum absolute atomic E-state index is 12.5. The van der Waals surface area contributed by atoms with Crippen LogP contribution in [0.3, 0.4) is 0 Å². The topological polar surface area (TPSA) is 23.5 Å². The van der Waals surface area contributed by atoms with Crippen LogP contribution in [0.15, 0.2) is 174 Å². The maximum atomic E-state index is 12.5. The molecule has 46 heavy (non-hydrogen) atoms. The van der Waals surface area contributed by atoms with Gasteiger partial charge in [-0.1, -0.05) is 137 Å². The summed E-state index contributed by atoms with van der Waals surface area (Å²) in [4.78, 5) is 2.28. The summed E-state index contributed by atoms with van der Waals surface area (Å²) >= 11 is 3.72. The molecule has 224 valence electrons. The summed E-state index contributed by atoms with van der Waals surface area (Å²) in [5.74, 6) is 0. The Kier molecular flexibility index (Phi) is 8.04. The Hall–Kier alpha value is -4.96. The Labute approximate surface area is 279 Å². The molecule has 3 heteroatoms. The number of anilines is 2. The highest BCUT2D eigenvalue weighted by Gasteiger charge is 2.44. The largest absolute Gasteiger partial charge is 0.376 e. The molecule has 0 aromatic heterocycles. The summed E-state index contributed by atoms with van der Waals surface area (Å²) < 4.78 is 0.882. The van der Waals surface area contributed by atoms with Gasteiger partial charge in [0.15, 0.2) is 0 Å². The van der Waals surface area contributed by atoms with Crippen molar-refractivity contribution in [1.82, 2.24) is 0 Å². The number of hydrogen-bond donors (Lipinski definition) is 1. The fourth-order valence-electron chi connectivity index (χ4n) is 6.64. The second kappa shape index (κ2) is 12.4. The van der Waals surface area contributed by atoms with Crippen molar-refractivity contribution in [2.45, 2.75) is 19.4 Å². The van der Waals surface area contributed by atoms with Gasteiger partial charge in [-0.3, -0.25) is 0 Å². The third kappa shape index (κ3) is 5.12. The van der Waals surface area contributed by atoms with Crippen molar-refractivity contribution in [2.75, 3.05) is 4.90 Å². The van der Waals surface area contributed by atoms with Crippen LogP contribution in [0.25, 0.3) is 33.4 Å². The molecule has 0 spiro atoms. The second-order valence-corrected chi connectivity index (χ2v) is 12.4. The zero-order valence-corrected chi connectivity index (χ0v) is 27.4. The van der Waals surface area contributed by atoms with Crippen molar-refractivity contribution < 1.29 is 5.11 Å². The number of benzene rings is 6. The van der Waals surface area contributed by atoms with E-state index in [0.717, 1.165) is 60.5 Å². The monoisotopic (exact) mass is 659 g/mol. The van der Waals surface area contributed by atoms with Crippen molar-refractivity contribution in [3.8, 4) is 33.4 Å². The van der Waals surface area contributed by atoms with Crippen molar-refractivity contribution in [2.24, 2.45) is 0 Å². The van der Waals surface area contributed by atoms with Gasteiger partial charge in [0.05, 0.1) is 0 Å². The third-order valence-corrected chi connectivity index (χ3v) is 9.55. The molecular formula is C43H34BrNO. The minimum absolute atomic E-state index is 0.838.